The molecule has 27 heavy (non-hydrogen) atoms. The lowest BCUT2D eigenvalue weighted by atomic mass is 10.1. The highest BCUT2D eigenvalue weighted by molar-refractivity contribution is 7.99. The van der Waals surface area contributed by atoms with Crippen LogP contribution in [0.2, 0.25) is 0 Å². The summed E-state index contributed by atoms with van der Waals surface area (Å²) in [5.74, 6) is 2.22. The number of fused-ring (bicyclic) bond motifs is 1. The number of aliphatic hydroxyl groups is 1. The molecule has 2 N–H and O–H groups in total. The van der Waals surface area contributed by atoms with Crippen molar-refractivity contribution in [1.82, 2.24) is 14.3 Å². The van der Waals surface area contributed by atoms with Crippen LogP contribution in [0.1, 0.15) is 18.9 Å². The molecule has 0 unspecified atom stereocenters. The third-order valence-electron chi connectivity index (χ3n) is 4.69. The Kier molecular flexibility index (Phi) is 4.98. The SMILES string of the molecule is C[C@@H](O)c1nc2ccc(-c3ccc(S(=O)(=O)N4CCSCC4)cc3)cc2[nH]1. The molecule has 6 nitrogen and oxygen atoms in total. The maximum absolute atomic E-state index is 12.8. The second-order valence-corrected chi connectivity index (χ2v) is 9.73. The minimum atomic E-state index is -3.43. The fourth-order valence-corrected chi connectivity index (χ4v) is 5.74. The van der Waals surface area contributed by atoms with Crippen molar-refractivity contribution in [1.29, 1.82) is 0 Å². The average molecular weight is 404 g/mol. The van der Waals surface area contributed by atoms with Crippen LogP contribution in [0.3, 0.4) is 0 Å². The fourth-order valence-electron chi connectivity index (χ4n) is 3.16. The van der Waals surface area contributed by atoms with E-state index in [1.165, 1.54) is 0 Å². The van der Waals surface area contributed by atoms with E-state index in [4.69, 9.17) is 0 Å². The number of thioether (sulfide) groups is 1. The number of hydrogen-bond donors (Lipinski definition) is 2. The maximum Gasteiger partial charge on any atom is 0.243 e. The highest BCUT2D eigenvalue weighted by Gasteiger charge is 2.25. The zero-order valence-corrected chi connectivity index (χ0v) is 16.6. The summed E-state index contributed by atoms with van der Waals surface area (Å²) in [4.78, 5) is 7.80. The Bertz CT molecular complexity index is 1050. The van der Waals surface area contributed by atoms with Crippen LogP contribution in [0, 0.1) is 0 Å². The number of rotatable bonds is 4. The molecule has 1 aliphatic heterocycles. The molecule has 0 aliphatic carbocycles. The van der Waals surface area contributed by atoms with E-state index in [0.717, 1.165) is 33.7 Å². The molecule has 0 saturated carbocycles. The van der Waals surface area contributed by atoms with Gasteiger partial charge in [-0.05, 0) is 42.3 Å². The molecule has 1 saturated heterocycles. The van der Waals surface area contributed by atoms with Crippen LogP contribution in [-0.2, 0) is 10.0 Å². The normalized spacial score (nSPS) is 17.3. The predicted molar refractivity (Wildman–Crippen MR) is 108 cm³/mol. The fraction of sp³-hybridized carbons (Fsp3) is 0.316. The second-order valence-electron chi connectivity index (χ2n) is 6.57. The molecule has 2 heterocycles. The third kappa shape index (κ3) is 3.62. The summed E-state index contributed by atoms with van der Waals surface area (Å²) in [5.41, 5.74) is 3.52. The van der Waals surface area contributed by atoms with Gasteiger partial charge in [0.2, 0.25) is 10.0 Å². The van der Waals surface area contributed by atoms with E-state index in [2.05, 4.69) is 9.97 Å². The number of imidazole rings is 1. The van der Waals surface area contributed by atoms with Gasteiger partial charge in [-0.15, -0.1) is 0 Å². The third-order valence-corrected chi connectivity index (χ3v) is 7.55. The van der Waals surface area contributed by atoms with Gasteiger partial charge in [-0.25, -0.2) is 13.4 Å². The molecule has 142 valence electrons. The van der Waals surface area contributed by atoms with Gasteiger partial charge in [0.15, 0.2) is 0 Å². The summed E-state index contributed by atoms with van der Waals surface area (Å²) < 4.78 is 27.1. The van der Waals surface area contributed by atoms with Gasteiger partial charge in [0.1, 0.15) is 11.9 Å². The van der Waals surface area contributed by atoms with Crippen molar-refractivity contribution in [2.75, 3.05) is 24.6 Å². The first-order valence-electron chi connectivity index (χ1n) is 8.81. The van der Waals surface area contributed by atoms with Crippen molar-refractivity contribution >= 4 is 32.8 Å². The van der Waals surface area contributed by atoms with Crippen molar-refractivity contribution in [2.45, 2.75) is 17.9 Å². The molecule has 2 aromatic carbocycles. The molecule has 1 aromatic heterocycles. The number of H-pyrrole nitrogens is 1. The number of benzene rings is 2. The molecule has 1 fully saturated rings. The monoisotopic (exact) mass is 403 g/mol. The van der Waals surface area contributed by atoms with E-state index in [0.29, 0.717) is 23.8 Å². The first-order chi connectivity index (χ1) is 12.9. The Morgan fingerprint density at radius 1 is 1.11 bits per heavy atom. The molecule has 0 spiro atoms. The van der Waals surface area contributed by atoms with Gasteiger partial charge in [0, 0.05) is 24.6 Å². The molecule has 0 bridgehead atoms. The summed E-state index contributed by atoms with van der Waals surface area (Å²) in [6.07, 6.45) is -0.654. The van der Waals surface area contributed by atoms with Gasteiger partial charge in [-0.2, -0.15) is 16.1 Å². The van der Waals surface area contributed by atoms with Crippen molar-refractivity contribution in [3.8, 4) is 11.1 Å². The van der Waals surface area contributed by atoms with Crippen LogP contribution < -0.4 is 0 Å². The topological polar surface area (TPSA) is 86.3 Å². The minimum Gasteiger partial charge on any atom is -0.385 e. The number of sulfonamides is 1. The number of aromatic amines is 1. The highest BCUT2D eigenvalue weighted by Crippen LogP contribution is 2.27. The molecule has 3 aromatic rings. The zero-order chi connectivity index (χ0) is 19.0. The number of hydrogen-bond acceptors (Lipinski definition) is 5. The number of aliphatic hydroxyl groups excluding tert-OH is 1. The molecule has 1 atom stereocenters. The Morgan fingerprint density at radius 2 is 1.78 bits per heavy atom. The van der Waals surface area contributed by atoms with E-state index in [9.17, 15) is 13.5 Å². The molecule has 0 amide bonds. The van der Waals surface area contributed by atoms with Gasteiger partial charge in [-0.1, -0.05) is 18.2 Å². The first-order valence-corrected chi connectivity index (χ1v) is 11.4. The number of nitrogens with zero attached hydrogens (tertiary/aromatic N) is 2. The largest absolute Gasteiger partial charge is 0.385 e. The van der Waals surface area contributed by atoms with E-state index in [-0.39, 0.29) is 0 Å². The van der Waals surface area contributed by atoms with Crippen molar-refractivity contribution < 1.29 is 13.5 Å². The molecule has 4 rings (SSSR count). The smallest absolute Gasteiger partial charge is 0.243 e. The molecule has 1 aliphatic rings. The standard InChI is InChI=1S/C19H21N3O3S2/c1-13(23)19-20-17-7-4-15(12-18(17)21-19)14-2-5-16(6-3-14)27(24,25)22-8-10-26-11-9-22/h2-7,12-13,23H,8-11H2,1H3,(H,20,21)/t13-/m1/s1. The summed E-state index contributed by atoms with van der Waals surface area (Å²) in [6.45, 7) is 2.80. The van der Waals surface area contributed by atoms with Crippen LogP contribution in [0.15, 0.2) is 47.4 Å². The van der Waals surface area contributed by atoms with Crippen LogP contribution >= 0.6 is 11.8 Å². The highest BCUT2D eigenvalue weighted by atomic mass is 32.2. The van der Waals surface area contributed by atoms with Gasteiger partial charge in [0.05, 0.1) is 15.9 Å². The first kappa shape index (κ1) is 18.5. The Labute approximate surface area is 162 Å². The Balaban J connectivity index is 1.62. The zero-order valence-electron chi connectivity index (χ0n) is 14.9. The number of aromatic nitrogens is 2. The van der Waals surface area contributed by atoms with E-state index < -0.39 is 16.1 Å². The summed E-state index contributed by atoms with van der Waals surface area (Å²) in [7, 11) is -3.43. The quantitative estimate of drug-likeness (QED) is 0.699. The van der Waals surface area contributed by atoms with Crippen LogP contribution in [0.4, 0.5) is 0 Å². The van der Waals surface area contributed by atoms with Crippen LogP contribution in [0.25, 0.3) is 22.2 Å². The lowest BCUT2D eigenvalue weighted by Gasteiger charge is -2.25. The average Bonchev–Trinajstić information content (AvgIpc) is 3.12. The van der Waals surface area contributed by atoms with Gasteiger partial charge in [-0.3, -0.25) is 0 Å². The molecule has 8 heteroatoms. The van der Waals surface area contributed by atoms with Crippen molar-refractivity contribution in [3.63, 3.8) is 0 Å². The molecule has 0 radical (unpaired) electrons. The molecular formula is C19H21N3O3S2. The van der Waals surface area contributed by atoms with Gasteiger partial charge >= 0.3 is 0 Å². The number of nitrogens with one attached hydrogen (secondary N) is 1. The van der Waals surface area contributed by atoms with E-state index >= 15 is 0 Å². The van der Waals surface area contributed by atoms with E-state index in [1.807, 2.05) is 30.3 Å². The van der Waals surface area contributed by atoms with Crippen LogP contribution in [0.5, 0.6) is 0 Å². The summed E-state index contributed by atoms with van der Waals surface area (Å²) in [5, 5.41) is 9.67. The van der Waals surface area contributed by atoms with Crippen molar-refractivity contribution in [3.05, 3.63) is 48.3 Å². The van der Waals surface area contributed by atoms with Gasteiger partial charge < -0.3 is 10.1 Å². The minimum absolute atomic E-state index is 0.331. The van der Waals surface area contributed by atoms with Crippen LogP contribution in [-0.4, -0.2) is 52.4 Å². The Morgan fingerprint density at radius 3 is 2.44 bits per heavy atom. The summed E-state index contributed by atoms with van der Waals surface area (Å²) in [6, 6.07) is 12.8. The lowest BCUT2D eigenvalue weighted by Crippen LogP contribution is -2.37. The lowest BCUT2D eigenvalue weighted by molar-refractivity contribution is 0.190. The van der Waals surface area contributed by atoms with Crippen molar-refractivity contribution in [2.24, 2.45) is 0 Å². The predicted octanol–water partition coefficient (Wildman–Crippen LogP) is 3.02. The van der Waals surface area contributed by atoms with Gasteiger partial charge in [0.25, 0.3) is 0 Å². The van der Waals surface area contributed by atoms with E-state index in [1.54, 1.807) is 35.1 Å². The summed E-state index contributed by atoms with van der Waals surface area (Å²) >= 11 is 1.78. The maximum atomic E-state index is 12.8. The second kappa shape index (κ2) is 7.27. The molecular weight excluding hydrogens is 382 g/mol. The Hall–Kier alpha value is -1.87.